The van der Waals surface area contributed by atoms with Crippen LogP contribution in [0.1, 0.15) is 31.9 Å². The zero-order valence-electron chi connectivity index (χ0n) is 17.7. The Bertz CT molecular complexity index is 979. The third kappa shape index (κ3) is 5.58. The molecule has 0 bridgehead atoms. The van der Waals surface area contributed by atoms with E-state index < -0.39 is 22.0 Å². The number of hydrogen-bond acceptors (Lipinski definition) is 5. The van der Waals surface area contributed by atoms with Crippen LogP contribution in [0, 0.1) is 0 Å². The Balaban J connectivity index is 2.30. The van der Waals surface area contributed by atoms with Gasteiger partial charge in [0.05, 0.1) is 32.2 Å². The van der Waals surface area contributed by atoms with Gasteiger partial charge in [-0.05, 0) is 55.3 Å². The lowest BCUT2D eigenvalue weighted by Gasteiger charge is -2.31. The Labute approximate surface area is 183 Å². The van der Waals surface area contributed by atoms with Gasteiger partial charge in [0.1, 0.15) is 6.04 Å². The average Bonchev–Trinajstić information content (AvgIpc) is 2.71. The van der Waals surface area contributed by atoms with E-state index in [0.717, 1.165) is 16.1 Å². The minimum absolute atomic E-state index is 0.292. The minimum Gasteiger partial charge on any atom is -0.493 e. The number of sulfonamides is 1. The number of rotatable bonds is 9. The molecule has 0 heterocycles. The maximum atomic E-state index is 13.1. The first-order valence-electron chi connectivity index (χ1n) is 9.39. The molecule has 0 unspecified atom stereocenters. The van der Waals surface area contributed by atoms with E-state index in [1.807, 2.05) is 13.0 Å². The first kappa shape index (κ1) is 23.8. The fourth-order valence-corrected chi connectivity index (χ4v) is 4.50. The molecule has 2 aromatic carbocycles. The number of benzene rings is 2. The molecular formula is C21H27ClN2O5S. The Morgan fingerprint density at radius 3 is 2.20 bits per heavy atom. The van der Waals surface area contributed by atoms with Crippen LogP contribution < -0.4 is 19.1 Å². The second-order valence-corrected chi connectivity index (χ2v) is 9.10. The summed E-state index contributed by atoms with van der Waals surface area (Å²) in [6.45, 7) is 3.58. The Morgan fingerprint density at radius 1 is 1.10 bits per heavy atom. The number of methoxy groups -OCH3 is 2. The molecule has 0 saturated heterocycles. The molecule has 30 heavy (non-hydrogen) atoms. The van der Waals surface area contributed by atoms with E-state index in [4.69, 9.17) is 21.1 Å². The lowest BCUT2D eigenvalue weighted by molar-refractivity contribution is -0.122. The van der Waals surface area contributed by atoms with Gasteiger partial charge in [0.2, 0.25) is 15.9 Å². The number of carbonyl (C=O) groups excluding carboxylic acids is 1. The molecule has 0 fully saturated rings. The van der Waals surface area contributed by atoms with Crippen LogP contribution in [0.3, 0.4) is 0 Å². The van der Waals surface area contributed by atoms with Gasteiger partial charge in [0.15, 0.2) is 11.5 Å². The van der Waals surface area contributed by atoms with Crippen LogP contribution in [0.15, 0.2) is 42.5 Å². The lowest BCUT2D eigenvalue weighted by atomic mass is 10.1. The highest BCUT2D eigenvalue weighted by Gasteiger charge is 2.32. The summed E-state index contributed by atoms with van der Waals surface area (Å²) in [6.07, 6.45) is 1.37. The topological polar surface area (TPSA) is 84.9 Å². The normalized spacial score (nSPS) is 13.3. The van der Waals surface area contributed by atoms with E-state index in [9.17, 15) is 13.2 Å². The van der Waals surface area contributed by atoms with Crippen molar-refractivity contribution in [2.24, 2.45) is 0 Å². The van der Waals surface area contributed by atoms with Crippen LogP contribution in [-0.2, 0) is 14.8 Å². The van der Waals surface area contributed by atoms with Crippen molar-refractivity contribution in [1.82, 2.24) is 5.32 Å². The van der Waals surface area contributed by atoms with Gasteiger partial charge in [-0.1, -0.05) is 24.6 Å². The summed E-state index contributed by atoms with van der Waals surface area (Å²) in [7, 11) is -0.632. The van der Waals surface area contributed by atoms with E-state index in [2.05, 4.69) is 5.32 Å². The van der Waals surface area contributed by atoms with Crippen molar-refractivity contribution in [3.05, 3.63) is 53.1 Å². The Hall–Kier alpha value is -2.45. The first-order valence-corrected chi connectivity index (χ1v) is 11.6. The molecule has 2 atom stereocenters. The van der Waals surface area contributed by atoms with Crippen molar-refractivity contribution in [2.45, 2.75) is 32.4 Å². The SMILES string of the molecule is CC[C@@H](C(=O)N[C@@H](C)c1ccc(OC)c(OC)c1)N(c1ccc(Cl)cc1)S(C)(=O)=O. The minimum atomic E-state index is -3.71. The van der Waals surface area contributed by atoms with Gasteiger partial charge >= 0.3 is 0 Å². The molecule has 0 saturated carbocycles. The van der Waals surface area contributed by atoms with Gasteiger partial charge in [-0.25, -0.2) is 8.42 Å². The average molecular weight is 455 g/mol. The van der Waals surface area contributed by atoms with Gasteiger partial charge in [0.25, 0.3) is 0 Å². The van der Waals surface area contributed by atoms with Crippen LogP contribution in [0.25, 0.3) is 0 Å². The highest BCUT2D eigenvalue weighted by Crippen LogP contribution is 2.30. The monoisotopic (exact) mass is 454 g/mol. The van der Waals surface area contributed by atoms with Crippen molar-refractivity contribution in [3.63, 3.8) is 0 Å². The van der Waals surface area contributed by atoms with Crippen LogP contribution in [-0.4, -0.2) is 40.8 Å². The summed E-state index contributed by atoms with van der Waals surface area (Å²) < 4.78 is 36.7. The van der Waals surface area contributed by atoms with Gasteiger partial charge in [-0.3, -0.25) is 9.10 Å². The van der Waals surface area contributed by atoms with Gasteiger partial charge < -0.3 is 14.8 Å². The number of amides is 1. The van der Waals surface area contributed by atoms with E-state index in [0.29, 0.717) is 28.6 Å². The largest absolute Gasteiger partial charge is 0.493 e. The zero-order chi connectivity index (χ0) is 22.5. The van der Waals surface area contributed by atoms with Crippen LogP contribution in [0.4, 0.5) is 5.69 Å². The van der Waals surface area contributed by atoms with E-state index in [1.165, 1.54) is 7.11 Å². The van der Waals surface area contributed by atoms with Crippen molar-refractivity contribution in [2.75, 3.05) is 24.8 Å². The van der Waals surface area contributed by atoms with Crippen molar-refractivity contribution < 1.29 is 22.7 Å². The van der Waals surface area contributed by atoms with Crippen LogP contribution >= 0.6 is 11.6 Å². The molecule has 7 nitrogen and oxygen atoms in total. The summed E-state index contributed by atoms with van der Waals surface area (Å²) in [4.78, 5) is 13.1. The van der Waals surface area contributed by atoms with E-state index in [-0.39, 0.29) is 6.04 Å². The maximum absolute atomic E-state index is 13.1. The molecule has 0 aliphatic rings. The Morgan fingerprint density at radius 2 is 1.70 bits per heavy atom. The molecule has 0 aliphatic carbocycles. The second-order valence-electron chi connectivity index (χ2n) is 6.80. The highest BCUT2D eigenvalue weighted by molar-refractivity contribution is 7.92. The fourth-order valence-electron chi connectivity index (χ4n) is 3.16. The zero-order valence-corrected chi connectivity index (χ0v) is 19.3. The molecule has 1 N–H and O–H groups in total. The van der Waals surface area contributed by atoms with Gasteiger partial charge in [-0.2, -0.15) is 0 Å². The van der Waals surface area contributed by atoms with Crippen molar-refractivity contribution in [3.8, 4) is 11.5 Å². The molecule has 0 radical (unpaired) electrons. The standard InChI is InChI=1S/C21H27ClN2O5S/c1-6-18(24(30(5,26)27)17-10-8-16(22)9-11-17)21(25)23-14(2)15-7-12-19(28-3)20(13-15)29-4/h7-14,18H,6H2,1-5H3,(H,23,25)/t14-,18-/m0/s1. The number of nitrogens with one attached hydrogen (secondary N) is 1. The molecular weight excluding hydrogens is 428 g/mol. The second kappa shape index (κ2) is 10.0. The third-order valence-electron chi connectivity index (χ3n) is 4.68. The number of nitrogens with zero attached hydrogens (tertiary/aromatic N) is 1. The summed E-state index contributed by atoms with van der Waals surface area (Å²) in [5.41, 5.74) is 1.18. The summed E-state index contributed by atoms with van der Waals surface area (Å²) >= 11 is 5.92. The molecule has 1 amide bonds. The lowest BCUT2D eigenvalue weighted by Crippen LogP contribution is -2.49. The van der Waals surface area contributed by atoms with E-state index in [1.54, 1.807) is 50.4 Å². The predicted molar refractivity (Wildman–Crippen MR) is 119 cm³/mol. The molecule has 0 aromatic heterocycles. The molecule has 0 spiro atoms. The number of anilines is 1. The molecule has 2 rings (SSSR count). The number of ether oxygens (including phenoxy) is 2. The van der Waals surface area contributed by atoms with Gasteiger partial charge in [0, 0.05) is 5.02 Å². The van der Waals surface area contributed by atoms with Crippen LogP contribution in [0.2, 0.25) is 5.02 Å². The van der Waals surface area contributed by atoms with Crippen molar-refractivity contribution >= 4 is 33.2 Å². The number of hydrogen-bond donors (Lipinski definition) is 1. The Kier molecular flexibility index (Phi) is 7.97. The van der Waals surface area contributed by atoms with Crippen molar-refractivity contribution in [1.29, 1.82) is 0 Å². The predicted octanol–water partition coefficient (Wildman–Crippen LogP) is 3.78. The van der Waals surface area contributed by atoms with E-state index >= 15 is 0 Å². The fraction of sp³-hybridized carbons (Fsp3) is 0.381. The quantitative estimate of drug-likeness (QED) is 0.623. The molecule has 164 valence electrons. The van der Waals surface area contributed by atoms with Gasteiger partial charge in [-0.15, -0.1) is 0 Å². The molecule has 2 aromatic rings. The smallest absolute Gasteiger partial charge is 0.244 e. The highest BCUT2D eigenvalue weighted by atomic mass is 35.5. The molecule has 9 heteroatoms. The number of halogens is 1. The number of carbonyl (C=O) groups is 1. The van der Waals surface area contributed by atoms with Crippen LogP contribution in [0.5, 0.6) is 11.5 Å². The summed E-state index contributed by atoms with van der Waals surface area (Å²) in [5.74, 6) is 0.722. The third-order valence-corrected chi connectivity index (χ3v) is 6.11. The molecule has 0 aliphatic heterocycles. The maximum Gasteiger partial charge on any atom is 0.244 e. The first-order chi connectivity index (χ1) is 14.1. The summed E-state index contributed by atoms with van der Waals surface area (Å²) in [5, 5.41) is 3.38. The summed E-state index contributed by atoms with van der Waals surface area (Å²) in [6, 6.07) is 10.4.